The van der Waals surface area contributed by atoms with E-state index in [1.165, 1.54) is 23.6 Å². The number of pyridine rings is 1. The summed E-state index contributed by atoms with van der Waals surface area (Å²) in [5.74, 6) is -0.282. The predicted molar refractivity (Wildman–Crippen MR) is 115 cm³/mol. The van der Waals surface area contributed by atoms with E-state index in [0.717, 1.165) is 19.3 Å². The maximum absolute atomic E-state index is 13.4. The predicted octanol–water partition coefficient (Wildman–Crippen LogP) is 3.60. The largest absolute Gasteiger partial charge is 0.370 e. The van der Waals surface area contributed by atoms with Crippen molar-refractivity contribution in [1.82, 2.24) is 5.32 Å². The Kier molecular flexibility index (Phi) is 6.49. The number of nitrogens with zero attached hydrogens (tertiary/aromatic N) is 2. The Hall–Kier alpha value is -2.93. The van der Waals surface area contributed by atoms with Crippen LogP contribution in [0.2, 0.25) is 0 Å². The van der Waals surface area contributed by atoms with Gasteiger partial charge < -0.3 is 5.32 Å². The van der Waals surface area contributed by atoms with Crippen LogP contribution >= 0.6 is 12.2 Å². The van der Waals surface area contributed by atoms with Crippen molar-refractivity contribution >= 4 is 28.7 Å². The molecular formula is C22H24N3O3S+. The molecular weight excluding hydrogens is 386 g/mol. The molecule has 1 aliphatic carbocycles. The third-order valence-electron chi connectivity index (χ3n) is 5.21. The van der Waals surface area contributed by atoms with Crippen molar-refractivity contribution in [3.63, 3.8) is 0 Å². The number of thiocarbonyl (C=S) groups is 1. The van der Waals surface area contributed by atoms with Gasteiger partial charge in [0, 0.05) is 35.4 Å². The summed E-state index contributed by atoms with van der Waals surface area (Å²) in [6.45, 7) is 5.76. The number of hydrogen-bond donors (Lipinski definition) is 1. The number of carbonyl (C=O) groups excluding carboxylic acids is 1. The van der Waals surface area contributed by atoms with Crippen LogP contribution < -0.4 is 9.88 Å². The summed E-state index contributed by atoms with van der Waals surface area (Å²) in [5.41, 5.74) is 3.22. The van der Waals surface area contributed by atoms with Crippen LogP contribution in [0.1, 0.15) is 45.9 Å². The molecule has 0 aliphatic heterocycles. The van der Waals surface area contributed by atoms with Gasteiger partial charge in [-0.25, -0.2) is 0 Å². The second-order valence-corrected chi connectivity index (χ2v) is 7.65. The van der Waals surface area contributed by atoms with Gasteiger partial charge in [-0.05, 0) is 38.2 Å². The van der Waals surface area contributed by atoms with Crippen LogP contribution in [0.25, 0.3) is 0 Å². The minimum atomic E-state index is -0.778. The van der Waals surface area contributed by atoms with E-state index in [1.54, 1.807) is 25.1 Å². The van der Waals surface area contributed by atoms with Gasteiger partial charge in [-0.3, -0.25) is 14.9 Å². The highest BCUT2D eigenvalue weighted by atomic mass is 32.1. The molecule has 0 fully saturated rings. The van der Waals surface area contributed by atoms with E-state index in [2.05, 4.69) is 11.9 Å². The van der Waals surface area contributed by atoms with E-state index in [1.807, 2.05) is 23.0 Å². The van der Waals surface area contributed by atoms with Crippen molar-refractivity contribution < 1.29 is 14.3 Å². The average molecular weight is 411 g/mol. The quantitative estimate of drug-likeness (QED) is 0.189. The van der Waals surface area contributed by atoms with E-state index in [9.17, 15) is 14.9 Å². The van der Waals surface area contributed by atoms with Crippen LogP contribution in [0, 0.1) is 17.0 Å². The maximum Gasteiger partial charge on any atom is 0.273 e. The summed E-state index contributed by atoms with van der Waals surface area (Å²) < 4.78 is 1.82. The van der Waals surface area contributed by atoms with Gasteiger partial charge in [-0.1, -0.05) is 30.4 Å². The Labute approximate surface area is 175 Å². The Morgan fingerprint density at radius 3 is 2.76 bits per heavy atom. The minimum absolute atomic E-state index is 0.0741. The summed E-state index contributed by atoms with van der Waals surface area (Å²) in [6, 6.07) is 5.81. The number of nitro benzene ring substituents is 1. The Bertz CT molecular complexity index is 987. The molecule has 1 atom stereocenters. The first-order valence-electron chi connectivity index (χ1n) is 9.62. The molecule has 150 valence electrons. The summed E-state index contributed by atoms with van der Waals surface area (Å²) in [4.78, 5) is 24.6. The molecule has 1 N–H and O–H groups in total. The van der Waals surface area contributed by atoms with Crippen LogP contribution in [0.3, 0.4) is 0 Å². The second kappa shape index (κ2) is 9.05. The number of nitrogens with one attached hydrogen (secondary N) is 1. The Morgan fingerprint density at radius 2 is 2.07 bits per heavy atom. The first kappa shape index (κ1) is 20.8. The summed E-state index contributed by atoms with van der Waals surface area (Å²) in [7, 11) is 0. The highest BCUT2D eigenvalue weighted by Crippen LogP contribution is 2.23. The van der Waals surface area contributed by atoms with Crippen molar-refractivity contribution in [2.45, 2.75) is 38.6 Å². The third kappa shape index (κ3) is 4.56. The number of rotatable bonds is 7. The highest BCUT2D eigenvalue weighted by Gasteiger charge is 2.34. The van der Waals surface area contributed by atoms with Crippen molar-refractivity contribution in [3.8, 4) is 0 Å². The number of ketones is 1. The van der Waals surface area contributed by atoms with Gasteiger partial charge in [-0.2, -0.15) is 4.57 Å². The molecule has 7 heteroatoms. The highest BCUT2D eigenvalue weighted by molar-refractivity contribution is 7.80. The van der Waals surface area contributed by atoms with E-state index < -0.39 is 11.0 Å². The molecule has 0 spiro atoms. The van der Waals surface area contributed by atoms with Crippen LogP contribution in [0.5, 0.6) is 0 Å². The fourth-order valence-electron chi connectivity index (χ4n) is 3.63. The molecule has 6 nitrogen and oxygen atoms in total. The zero-order valence-electron chi connectivity index (χ0n) is 16.4. The summed E-state index contributed by atoms with van der Waals surface area (Å²) in [6.07, 6.45) is 9.84. The fourth-order valence-corrected chi connectivity index (χ4v) is 3.94. The first-order chi connectivity index (χ1) is 13.9. The molecule has 0 saturated carbocycles. The second-order valence-electron chi connectivity index (χ2n) is 7.21. The lowest BCUT2D eigenvalue weighted by Gasteiger charge is -2.18. The molecule has 1 heterocycles. The molecule has 1 aliphatic rings. The molecule has 0 unspecified atom stereocenters. The zero-order chi connectivity index (χ0) is 21.0. The number of hydrogen-bond acceptors (Lipinski definition) is 4. The lowest BCUT2D eigenvalue weighted by molar-refractivity contribution is -0.692. The zero-order valence-corrected chi connectivity index (χ0v) is 17.2. The SMILES string of the molecule is C=CCNC(=S)[C@@H](C(=O)c1ccc(C)c([N+](=O)[O-])c1)[n+]1ccc2c(c1)CCCC2. The number of Topliss-reactive ketones (excluding diaryl/α,β-unsaturated/α-hetero) is 1. The van der Waals surface area contributed by atoms with E-state index in [-0.39, 0.29) is 17.0 Å². The number of fused-ring (bicyclic) bond motifs is 1. The number of nitro groups is 1. The minimum Gasteiger partial charge on any atom is -0.370 e. The van der Waals surface area contributed by atoms with Crippen molar-refractivity contribution in [2.75, 3.05) is 6.54 Å². The molecule has 0 bridgehead atoms. The average Bonchev–Trinajstić information content (AvgIpc) is 2.72. The molecule has 2 aromatic rings. The number of aromatic nitrogens is 1. The topological polar surface area (TPSA) is 76.1 Å². The van der Waals surface area contributed by atoms with Gasteiger partial charge in [0.2, 0.25) is 5.78 Å². The van der Waals surface area contributed by atoms with Gasteiger partial charge in [0.25, 0.3) is 11.7 Å². The van der Waals surface area contributed by atoms with Gasteiger partial charge in [-0.15, -0.1) is 6.58 Å². The lowest BCUT2D eigenvalue weighted by atomic mass is 9.93. The van der Waals surface area contributed by atoms with Crippen molar-refractivity contribution in [3.05, 3.63) is 81.7 Å². The maximum atomic E-state index is 13.4. The molecule has 0 saturated heterocycles. The van der Waals surface area contributed by atoms with Crippen molar-refractivity contribution in [2.24, 2.45) is 0 Å². The van der Waals surface area contributed by atoms with Crippen LogP contribution in [0.4, 0.5) is 5.69 Å². The smallest absolute Gasteiger partial charge is 0.273 e. The standard InChI is InChI=1S/C22H23N3O3S/c1-3-11-23-22(29)20(24-12-10-16-6-4-5-7-18(16)14-24)21(26)17-9-8-15(2)19(13-17)25(27)28/h3,8-10,12-14,20H,1,4-7,11H2,2H3/p+1/t20-/m1/s1. The van der Waals surface area contributed by atoms with E-state index in [0.29, 0.717) is 17.1 Å². The molecule has 3 rings (SSSR count). The Balaban J connectivity index is 2.03. The molecule has 1 aromatic carbocycles. The van der Waals surface area contributed by atoms with Gasteiger partial charge in [0.05, 0.1) is 4.92 Å². The molecule has 29 heavy (non-hydrogen) atoms. The van der Waals surface area contributed by atoms with E-state index >= 15 is 0 Å². The van der Waals surface area contributed by atoms with Crippen LogP contribution in [-0.4, -0.2) is 22.2 Å². The van der Waals surface area contributed by atoms with Gasteiger partial charge in [0.15, 0.2) is 17.4 Å². The van der Waals surface area contributed by atoms with Gasteiger partial charge in [0.1, 0.15) is 0 Å². The number of benzene rings is 1. The first-order valence-corrected chi connectivity index (χ1v) is 10.0. The fraction of sp³-hybridized carbons (Fsp3) is 0.318. The van der Waals surface area contributed by atoms with Crippen LogP contribution in [0.15, 0.2) is 49.3 Å². The normalized spacial score (nSPS) is 13.8. The molecule has 0 radical (unpaired) electrons. The van der Waals surface area contributed by atoms with Gasteiger partial charge >= 0.3 is 0 Å². The summed E-state index contributed by atoms with van der Waals surface area (Å²) in [5, 5.41) is 14.4. The number of aryl methyl sites for hydroxylation is 3. The van der Waals surface area contributed by atoms with Crippen molar-refractivity contribution in [1.29, 1.82) is 0 Å². The lowest BCUT2D eigenvalue weighted by Crippen LogP contribution is -2.51. The monoisotopic (exact) mass is 410 g/mol. The Morgan fingerprint density at radius 1 is 1.34 bits per heavy atom. The molecule has 1 aromatic heterocycles. The van der Waals surface area contributed by atoms with Crippen LogP contribution in [-0.2, 0) is 12.8 Å². The molecule has 0 amide bonds. The third-order valence-corrected chi connectivity index (χ3v) is 5.58. The number of carbonyl (C=O) groups is 1. The summed E-state index contributed by atoms with van der Waals surface area (Å²) >= 11 is 5.53. The van der Waals surface area contributed by atoms with E-state index in [4.69, 9.17) is 12.2 Å².